The summed E-state index contributed by atoms with van der Waals surface area (Å²) in [6, 6.07) is -0.627. The number of hydrogen-bond donors (Lipinski definition) is 3. The largest absolute Gasteiger partial charge is 0.466 e. The van der Waals surface area contributed by atoms with Gasteiger partial charge in [0.25, 0.3) is 0 Å². The Morgan fingerprint density at radius 3 is 1.12 bits per heavy atom. The van der Waals surface area contributed by atoms with Gasteiger partial charge in [0.1, 0.15) is 0 Å². The first kappa shape index (κ1) is 66.8. The second kappa shape index (κ2) is 58.4. The normalized spacial score (nSPS) is 12.9. The Morgan fingerprint density at radius 1 is 0.406 bits per heavy atom. The van der Waals surface area contributed by atoms with Crippen molar-refractivity contribution in [1.82, 2.24) is 5.32 Å². The molecule has 0 fully saturated rings. The third kappa shape index (κ3) is 55.0. The standard InChI is InChI=1S/C63H117NO5/c1-3-5-7-9-11-13-14-15-34-37-41-45-49-53-57-63(68)69-58-54-50-46-42-38-35-32-30-28-26-24-22-20-18-16-17-19-21-23-25-27-29-31-33-36-40-44-48-52-56-62(67)64-60(59-65)61(66)55-51-47-43-39-12-10-8-6-4-2/h14-16,18,22,24,51,55,60-61,65-66H,3-13,17,19-21,23,25-50,52-54,56-59H2,1-2H3,(H,64,67)/b15-14-,18-16-,24-22-,55-51+. The first-order valence-corrected chi connectivity index (χ1v) is 30.4. The predicted molar refractivity (Wildman–Crippen MR) is 301 cm³/mol. The van der Waals surface area contributed by atoms with Crippen LogP contribution in [0.4, 0.5) is 0 Å². The van der Waals surface area contributed by atoms with Crippen molar-refractivity contribution >= 4 is 11.9 Å². The Kier molecular flexibility index (Phi) is 56.5. The van der Waals surface area contributed by atoms with Gasteiger partial charge >= 0.3 is 5.97 Å². The lowest BCUT2D eigenvalue weighted by Gasteiger charge is -2.20. The van der Waals surface area contributed by atoms with Crippen LogP contribution in [0.15, 0.2) is 48.6 Å². The van der Waals surface area contributed by atoms with E-state index in [0.717, 1.165) is 51.4 Å². The molecule has 0 saturated carbocycles. The van der Waals surface area contributed by atoms with E-state index in [1.54, 1.807) is 6.08 Å². The molecule has 0 heterocycles. The molecule has 3 N–H and O–H groups in total. The van der Waals surface area contributed by atoms with E-state index in [4.69, 9.17) is 4.74 Å². The van der Waals surface area contributed by atoms with Gasteiger partial charge in [-0.05, 0) is 89.9 Å². The first-order chi connectivity index (χ1) is 34.0. The SMILES string of the molecule is CCCCCCC/C=C\CCCCCCCC(=O)OCCCCCCCCCCC/C=C\C/C=C\CCCCCCCCCCCCCCCC(=O)NC(CO)C(O)/C=C/CCCCCCCCC. The van der Waals surface area contributed by atoms with Gasteiger partial charge in [-0.15, -0.1) is 0 Å². The predicted octanol–water partition coefficient (Wildman–Crippen LogP) is 19.0. The van der Waals surface area contributed by atoms with Gasteiger partial charge in [0.05, 0.1) is 25.4 Å². The summed E-state index contributed by atoms with van der Waals surface area (Å²) in [5, 5.41) is 22.9. The van der Waals surface area contributed by atoms with E-state index in [1.807, 2.05) is 6.08 Å². The molecule has 0 saturated heterocycles. The van der Waals surface area contributed by atoms with E-state index < -0.39 is 12.1 Å². The smallest absolute Gasteiger partial charge is 0.305 e. The van der Waals surface area contributed by atoms with Crippen molar-refractivity contribution in [3.63, 3.8) is 0 Å². The highest BCUT2D eigenvalue weighted by Gasteiger charge is 2.18. The van der Waals surface area contributed by atoms with Crippen LogP contribution in [-0.4, -0.2) is 47.4 Å². The van der Waals surface area contributed by atoms with Crippen LogP contribution in [0.3, 0.4) is 0 Å². The quantitative estimate of drug-likeness (QED) is 0.0321. The van der Waals surface area contributed by atoms with Crippen LogP contribution in [0.1, 0.15) is 316 Å². The van der Waals surface area contributed by atoms with Crippen molar-refractivity contribution in [3.05, 3.63) is 48.6 Å². The van der Waals surface area contributed by atoms with Crippen molar-refractivity contribution in [1.29, 1.82) is 0 Å². The van der Waals surface area contributed by atoms with Gasteiger partial charge in [-0.25, -0.2) is 0 Å². The number of amides is 1. The lowest BCUT2D eigenvalue weighted by molar-refractivity contribution is -0.143. The zero-order valence-corrected chi connectivity index (χ0v) is 46.0. The number of allylic oxidation sites excluding steroid dienone is 7. The minimum Gasteiger partial charge on any atom is -0.466 e. The average molecular weight is 969 g/mol. The molecule has 69 heavy (non-hydrogen) atoms. The number of carbonyl (C=O) groups excluding carboxylic acids is 2. The molecule has 0 rings (SSSR count). The van der Waals surface area contributed by atoms with Crippen molar-refractivity contribution < 1.29 is 24.5 Å². The minimum atomic E-state index is -0.843. The summed E-state index contributed by atoms with van der Waals surface area (Å²) in [6.45, 7) is 4.86. The Bertz CT molecular complexity index is 1160. The summed E-state index contributed by atoms with van der Waals surface area (Å²) in [6.07, 6.45) is 74.5. The van der Waals surface area contributed by atoms with Gasteiger partial charge in [0.2, 0.25) is 5.91 Å². The second-order valence-corrected chi connectivity index (χ2v) is 20.7. The van der Waals surface area contributed by atoms with Gasteiger partial charge in [0, 0.05) is 12.8 Å². The molecule has 0 aromatic rings. The highest BCUT2D eigenvalue weighted by molar-refractivity contribution is 5.76. The van der Waals surface area contributed by atoms with E-state index in [2.05, 4.69) is 55.6 Å². The van der Waals surface area contributed by atoms with E-state index in [1.165, 1.54) is 238 Å². The monoisotopic (exact) mass is 968 g/mol. The third-order valence-corrected chi connectivity index (χ3v) is 13.8. The molecule has 6 nitrogen and oxygen atoms in total. The van der Waals surface area contributed by atoms with Crippen LogP contribution in [-0.2, 0) is 14.3 Å². The Hall–Kier alpha value is -2.18. The summed E-state index contributed by atoms with van der Waals surface area (Å²) in [7, 11) is 0. The maximum atomic E-state index is 12.4. The summed E-state index contributed by atoms with van der Waals surface area (Å²) in [5.74, 6) is -0.0693. The molecule has 0 radical (unpaired) electrons. The number of nitrogens with one attached hydrogen (secondary N) is 1. The summed E-state index contributed by atoms with van der Waals surface area (Å²) in [5.41, 5.74) is 0. The molecule has 2 atom stereocenters. The first-order valence-electron chi connectivity index (χ1n) is 30.4. The van der Waals surface area contributed by atoms with Crippen LogP contribution in [0.2, 0.25) is 0 Å². The van der Waals surface area contributed by atoms with Gasteiger partial charge < -0.3 is 20.3 Å². The molecule has 404 valence electrons. The molecule has 0 spiro atoms. The number of esters is 1. The van der Waals surface area contributed by atoms with Crippen LogP contribution in [0.25, 0.3) is 0 Å². The lowest BCUT2D eigenvalue weighted by atomic mass is 10.0. The molecule has 2 unspecified atom stereocenters. The lowest BCUT2D eigenvalue weighted by Crippen LogP contribution is -2.45. The number of aliphatic hydroxyl groups excluding tert-OH is 2. The summed E-state index contributed by atoms with van der Waals surface area (Å²) < 4.78 is 5.47. The number of rotatable bonds is 56. The van der Waals surface area contributed by atoms with Gasteiger partial charge in [-0.2, -0.15) is 0 Å². The molecule has 6 heteroatoms. The van der Waals surface area contributed by atoms with Crippen molar-refractivity contribution in [3.8, 4) is 0 Å². The second-order valence-electron chi connectivity index (χ2n) is 20.7. The van der Waals surface area contributed by atoms with Crippen molar-refractivity contribution in [2.24, 2.45) is 0 Å². The molecular weight excluding hydrogens is 851 g/mol. The van der Waals surface area contributed by atoms with Crippen molar-refractivity contribution in [2.75, 3.05) is 13.2 Å². The highest BCUT2D eigenvalue weighted by Crippen LogP contribution is 2.16. The fraction of sp³-hybridized carbons (Fsp3) is 0.841. The zero-order valence-electron chi connectivity index (χ0n) is 46.0. The molecule has 1 amide bonds. The van der Waals surface area contributed by atoms with E-state index in [9.17, 15) is 19.8 Å². The Morgan fingerprint density at radius 2 is 0.725 bits per heavy atom. The third-order valence-electron chi connectivity index (χ3n) is 13.8. The fourth-order valence-corrected chi connectivity index (χ4v) is 9.13. The maximum Gasteiger partial charge on any atom is 0.305 e. The number of aliphatic hydroxyl groups is 2. The van der Waals surface area contributed by atoms with Gasteiger partial charge in [-0.3, -0.25) is 9.59 Å². The van der Waals surface area contributed by atoms with E-state index in [-0.39, 0.29) is 18.5 Å². The number of hydrogen-bond acceptors (Lipinski definition) is 5. The zero-order chi connectivity index (χ0) is 50.0. The number of ether oxygens (including phenoxy) is 1. The molecule has 0 aliphatic carbocycles. The highest BCUT2D eigenvalue weighted by atomic mass is 16.5. The van der Waals surface area contributed by atoms with Crippen molar-refractivity contribution in [2.45, 2.75) is 328 Å². The molecular formula is C63H117NO5. The van der Waals surface area contributed by atoms with Crippen LogP contribution in [0.5, 0.6) is 0 Å². The van der Waals surface area contributed by atoms with Crippen LogP contribution in [0, 0.1) is 0 Å². The van der Waals surface area contributed by atoms with Gasteiger partial charge in [0.15, 0.2) is 0 Å². The Labute approximate surface area is 429 Å². The minimum absolute atomic E-state index is 0.00257. The molecule has 0 aromatic heterocycles. The van der Waals surface area contributed by atoms with E-state index in [0.29, 0.717) is 19.4 Å². The molecule has 0 aliphatic heterocycles. The maximum absolute atomic E-state index is 12.4. The molecule has 0 aromatic carbocycles. The average Bonchev–Trinajstić information content (AvgIpc) is 3.35. The fourth-order valence-electron chi connectivity index (χ4n) is 9.13. The topological polar surface area (TPSA) is 95.9 Å². The van der Waals surface area contributed by atoms with E-state index >= 15 is 0 Å². The summed E-state index contributed by atoms with van der Waals surface area (Å²) in [4.78, 5) is 24.4. The number of carbonyl (C=O) groups is 2. The number of unbranched alkanes of at least 4 members (excludes halogenated alkanes) is 39. The van der Waals surface area contributed by atoms with Crippen LogP contribution >= 0.6 is 0 Å². The Balaban J connectivity index is 3.40. The summed E-state index contributed by atoms with van der Waals surface area (Å²) >= 11 is 0. The molecule has 0 bridgehead atoms. The van der Waals surface area contributed by atoms with Crippen LogP contribution < -0.4 is 5.32 Å². The molecule has 0 aliphatic rings. The van der Waals surface area contributed by atoms with Gasteiger partial charge in [-0.1, -0.05) is 262 Å².